The van der Waals surface area contributed by atoms with Gasteiger partial charge in [-0.1, -0.05) is 24.6 Å². The minimum atomic E-state index is -0.190. The van der Waals surface area contributed by atoms with Gasteiger partial charge in [-0.15, -0.1) is 11.3 Å². The zero-order chi connectivity index (χ0) is 14.7. The van der Waals surface area contributed by atoms with Gasteiger partial charge in [0.15, 0.2) is 0 Å². The number of carbonyl (C=O) groups excluding carboxylic acids is 1. The van der Waals surface area contributed by atoms with Crippen molar-refractivity contribution in [3.05, 3.63) is 28.1 Å². The molecule has 4 nitrogen and oxygen atoms in total. The topological polar surface area (TPSA) is 75.3 Å². The molecule has 0 aliphatic carbocycles. The Labute approximate surface area is 126 Å². The SMILES string of the molecule is CC(CCO)CNC(=O)c1sc2cccc(Cl)c2c1N. The molecular formula is C14H17ClN2O2S. The molecule has 0 aliphatic heterocycles. The van der Waals surface area contributed by atoms with Gasteiger partial charge in [-0.3, -0.25) is 4.79 Å². The normalized spacial score (nSPS) is 12.6. The third kappa shape index (κ3) is 3.06. The van der Waals surface area contributed by atoms with Crippen molar-refractivity contribution in [3.63, 3.8) is 0 Å². The van der Waals surface area contributed by atoms with Crippen LogP contribution in [0.1, 0.15) is 23.0 Å². The number of anilines is 1. The number of nitrogen functional groups attached to an aromatic ring is 1. The average Bonchev–Trinajstić information content (AvgIpc) is 2.75. The first kappa shape index (κ1) is 15.1. The minimum absolute atomic E-state index is 0.123. The van der Waals surface area contributed by atoms with Gasteiger partial charge >= 0.3 is 0 Å². The van der Waals surface area contributed by atoms with E-state index in [1.54, 1.807) is 6.07 Å². The van der Waals surface area contributed by atoms with Crippen LogP contribution in [0.2, 0.25) is 5.02 Å². The van der Waals surface area contributed by atoms with Crippen LogP contribution in [-0.4, -0.2) is 24.2 Å². The van der Waals surface area contributed by atoms with Crippen LogP contribution >= 0.6 is 22.9 Å². The molecule has 1 amide bonds. The molecule has 0 aliphatic rings. The number of aliphatic hydroxyl groups is 1. The quantitative estimate of drug-likeness (QED) is 0.794. The predicted molar refractivity (Wildman–Crippen MR) is 84.4 cm³/mol. The first-order valence-corrected chi connectivity index (χ1v) is 7.59. The fraction of sp³-hybridized carbons (Fsp3) is 0.357. The summed E-state index contributed by atoms with van der Waals surface area (Å²) in [4.78, 5) is 12.7. The molecule has 2 aromatic rings. The Morgan fingerprint density at radius 2 is 2.30 bits per heavy atom. The Morgan fingerprint density at radius 3 is 2.95 bits per heavy atom. The summed E-state index contributed by atoms with van der Waals surface area (Å²) >= 11 is 7.46. The number of aliphatic hydroxyl groups excluding tert-OH is 1. The third-order valence-corrected chi connectivity index (χ3v) is 4.63. The van der Waals surface area contributed by atoms with Crippen LogP contribution in [0.15, 0.2) is 18.2 Å². The molecule has 6 heteroatoms. The van der Waals surface area contributed by atoms with Crippen molar-refractivity contribution in [3.8, 4) is 0 Å². The number of hydrogen-bond donors (Lipinski definition) is 3. The third-order valence-electron chi connectivity index (χ3n) is 3.14. The number of halogens is 1. The van der Waals surface area contributed by atoms with Crippen molar-refractivity contribution in [2.24, 2.45) is 5.92 Å². The van der Waals surface area contributed by atoms with E-state index in [1.165, 1.54) is 11.3 Å². The lowest BCUT2D eigenvalue weighted by Gasteiger charge is -2.10. The number of benzene rings is 1. The Balaban J connectivity index is 2.19. The molecule has 1 aromatic heterocycles. The summed E-state index contributed by atoms with van der Waals surface area (Å²) in [5.74, 6) is 0.0349. The highest BCUT2D eigenvalue weighted by Gasteiger charge is 2.18. The molecule has 4 N–H and O–H groups in total. The summed E-state index contributed by atoms with van der Waals surface area (Å²) in [7, 11) is 0. The fourth-order valence-corrected chi connectivity index (χ4v) is 3.37. The van der Waals surface area contributed by atoms with Crippen LogP contribution in [0.4, 0.5) is 5.69 Å². The number of amides is 1. The number of thiophene rings is 1. The van der Waals surface area contributed by atoms with E-state index in [4.69, 9.17) is 22.4 Å². The summed E-state index contributed by atoms with van der Waals surface area (Å²) in [5, 5.41) is 13.0. The van der Waals surface area contributed by atoms with Crippen LogP contribution < -0.4 is 11.1 Å². The first-order valence-electron chi connectivity index (χ1n) is 6.40. The van der Waals surface area contributed by atoms with Crippen molar-refractivity contribution >= 4 is 44.6 Å². The smallest absolute Gasteiger partial charge is 0.263 e. The summed E-state index contributed by atoms with van der Waals surface area (Å²) in [5.41, 5.74) is 6.46. The van der Waals surface area contributed by atoms with Gasteiger partial charge in [-0.2, -0.15) is 0 Å². The number of rotatable bonds is 5. The molecule has 0 saturated carbocycles. The molecular weight excluding hydrogens is 296 g/mol. The monoisotopic (exact) mass is 312 g/mol. The molecule has 1 atom stereocenters. The van der Waals surface area contributed by atoms with Crippen molar-refractivity contribution in [1.82, 2.24) is 5.32 Å². The maximum Gasteiger partial charge on any atom is 0.263 e. The molecule has 108 valence electrons. The van der Waals surface area contributed by atoms with E-state index < -0.39 is 0 Å². The second-order valence-electron chi connectivity index (χ2n) is 4.79. The molecule has 0 spiro atoms. The summed E-state index contributed by atoms with van der Waals surface area (Å²) < 4.78 is 0.906. The molecule has 1 heterocycles. The van der Waals surface area contributed by atoms with Crippen LogP contribution in [0, 0.1) is 5.92 Å². The largest absolute Gasteiger partial charge is 0.397 e. The lowest BCUT2D eigenvalue weighted by molar-refractivity contribution is 0.0950. The minimum Gasteiger partial charge on any atom is -0.397 e. The van der Waals surface area contributed by atoms with Crippen molar-refractivity contribution < 1.29 is 9.90 Å². The average molecular weight is 313 g/mol. The fourth-order valence-electron chi connectivity index (χ4n) is 1.97. The lowest BCUT2D eigenvalue weighted by atomic mass is 10.1. The van der Waals surface area contributed by atoms with Gasteiger partial charge in [0.05, 0.1) is 10.7 Å². The summed E-state index contributed by atoms with van der Waals surface area (Å²) in [6.45, 7) is 2.61. The molecule has 0 radical (unpaired) electrons. The van der Waals surface area contributed by atoms with Crippen LogP contribution in [-0.2, 0) is 0 Å². The number of nitrogens with one attached hydrogen (secondary N) is 1. The Hall–Kier alpha value is -1.30. The molecule has 0 saturated heterocycles. The van der Waals surface area contributed by atoms with E-state index in [1.807, 2.05) is 19.1 Å². The van der Waals surface area contributed by atoms with Gasteiger partial charge in [0.25, 0.3) is 5.91 Å². The van der Waals surface area contributed by atoms with E-state index in [-0.39, 0.29) is 18.4 Å². The number of fused-ring (bicyclic) bond motifs is 1. The van der Waals surface area contributed by atoms with Gasteiger partial charge in [0, 0.05) is 23.2 Å². The number of hydrogen-bond acceptors (Lipinski definition) is 4. The maximum atomic E-state index is 12.2. The molecule has 0 fully saturated rings. The highest BCUT2D eigenvalue weighted by Crippen LogP contribution is 2.37. The lowest BCUT2D eigenvalue weighted by Crippen LogP contribution is -2.28. The van der Waals surface area contributed by atoms with E-state index in [0.717, 1.165) is 10.1 Å². The Morgan fingerprint density at radius 1 is 1.55 bits per heavy atom. The van der Waals surface area contributed by atoms with Crippen molar-refractivity contribution in [2.75, 3.05) is 18.9 Å². The van der Waals surface area contributed by atoms with Gasteiger partial charge in [0.2, 0.25) is 0 Å². The molecule has 2 rings (SSSR count). The van der Waals surface area contributed by atoms with Crippen molar-refractivity contribution in [1.29, 1.82) is 0 Å². The van der Waals surface area contributed by atoms with Gasteiger partial charge < -0.3 is 16.2 Å². The van der Waals surface area contributed by atoms with Gasteiger partial charge in [0.1, 0.15) is 4.88 Å². The number of nitrogens with two attached hydrogens (primary N) is 1. The van der Waals surface area contributed by atoms with Crippen LogP contribution in [0.5, 0.6) is 0 Å². The van der Waals surface area contributed by atoms with Crippen LogP contribution in [0.3, 0.4) is 0 Å². The van der Waals surface area contributed by atoms with Gasteiger partial charge in [-0.05, 0) is 24.5 Å². The second-order valence-corrected chi connectivity index (χ2v) is 6.24. The predicted octanol–water partition coefficient (Wildman–Crippen LogP) is 2.89. The zero-order valence-corrected chi connectivity index (χ0v) is 12.7. The van der Waals surface area contributed by atoms with Crippen LogP contribution in [0.25, 0.3) is 10.1 Å². The summed E-state index contributed by atoms with van der Waals surface area (Å²) in [6.07, 6.45) is 0.661. The highest BCUT2D eigenvalue weighted by molar-refractivity contribution is 7.21. The second kappa shape index (κ2) is 6.43. The van der Waals surface area contributed by atoms with Gasteiger partial charge in [-0.25, -0.2) is 0 Å². The standard InChI is InChI=1S/C14H17ClN2O2S/c1-8(5-6-18)7-17-14(19)13-12(16)11-9(15)3-2-4-10(11)20-13/h2-4,8,18H,5-7,16H2,1H3,(H,17,19). The molecule has 20 heavy (non-hydrogen) atoms. The molecule has 1 aromatic carbocycles. The number of carbonyl (C=O) groups is 1. The summed E-state index contributed by atoms with van der Waals surface area (Å²) in [6, 6.07) is 5.50. The Bertz CT molecular complexity index is 627. The maximum absolute atomic E-state index is 12.2. The van der Waals surface area contributed by atoms with E-state index >= 15 is 0 Å². The Kier molecular flexibility index (Phi) is 4.86. The van der Waals surface area contributed by atoms with E-state index in [2.05, 4.69) is 5.32 Å². The molecule has 1 unspecified atom stereocenters. The van der Waals surface area contributed by atoms with E-state index in [9.17, 15) is 4.79 Å². The van der Waals surface area contributed by atoms with Crippen molar-refractivity contribution in [2.45, 2.75) is 13.3 Å². The van der Waals surface area contributed by atoms with E-state index in [0.29, 0.717) is 28.6 Å². The first-order chi connectivity index (χ1) is 9.54. The molecule has 0 bridgehead atoms. The highest BCUT2D eigenvalue weighted by atomic mass is 35.5. The zero-order valence-electron chi connectivity index (χ0n) is 11.1.